The zero-order chi connectivity index (χ0) is 44.3. The van der Waals surface area contributed by atoms with Crippen molar-refractivity contribution in [1.82, 2.24) is 25.3 Å². The maximum Gasteiger partial charge on any atom is 0.490 e. The third kappa shape index (κ3) is 10.2. The Morgan fingerprint density at radius 1 is 0.820 bits per heavy atom. The van der Waals surface area contributed by atoms with Crippen LogP contribution in [-0.2, 0) is 33.1 Å². The molecule has 2 aliphatic rings. The van der Waals surface area contributed by atoms with Gasteiger partial charge in [-0.2, -0.15) is 34.2 Å². The van der Waals surface area contributed by atoms with Gasteiger partial charge in [0.1, 0.15) is 52.2 Å². The van der Waals surface area contributed by atoms with Gasteiger partial charge in [0.2, 0.25) is 5.91 Å². The first-order valence-corrected chi connectivity index (χ1v) is 20.5. The number of carbonyl (C=O) groups is 2. The molecule has 0 bridgehead atoms. The summed E-state index contributed by atoms with van der Waals surface area (Å²) in [6.45, 7) is 9.53. The molecule has 1 aromatic carbocycles. The van der Waals surface area contributed by atoms with Crippen molar-refractivity contribution in [2.45, 2.75) is 53.5 Å². The zero-order valence-corrected chi connectivity index (χ0v) is 34.6. The smallest absolute Gasteiger partial charge is 0.475 e. The third-order valence-corrected chi connectivity index (χ3v) is 12.8. The van der Waals surface area contributed by atoms with Gasteiger partial charge in [-0.15, -0.1) is 0 Å². The van der Waals surface area contributed by atoms with E-state index in [0.717, 1.165) is 29.1 Å². The number of nitrogens with zero attached hydrogens (tertiary/aromatic N) is 10. The van der Waals surface area contributed by atoms with Gasteiger partial charge in [-0.05, 0) is 29.5 Å². The number of thioether (sulfide) groups is 2. The second-order valence-corrected chi connectivity index (χ2v) is 16.1. The fourth-order valence-corrected chi connectivity index (χ4v) is 9.54. The van der Waals surface area contributed by atoms with E-state index < -0.39 is 22.1 Å². The lowest BCUT2D eigenvalue weighted by Crippen LogP contribution is -2.46. The van der Waals surface area contributed by atoms with Crippen LogP contribution < -0.4 is 20.9 Å². The van der Waals surface area contributed by atoms with Crippen LogP contribution in [-0.4, -0.2) is 95.5 Å². The molecule has 1 amide bonds. The van der Waals surface area contributed by atoms with Crippen molar-refractivity contribution >= 4 is 47.0 Å². The highest BCUT2D eigenvalue weighted by Gasteiger charge is 2.45. The predicted octanol–water partition coefficient (Wildman–Crippen LogP) is 4.66. The van der Waals surface area contributed by atoms with E-state index in [1.54, 1.807) is 36.7 Å². The molecule has 4 N–H and O–H groups in total. The summed E-state index contributed by atoms with van der Waals surface area (Å²) in [5.74, 6) is -2.63. The van der Waals surface area contributed by atoms with Crippen LogP contribution in [0, 0.1) is 45.3 Å². The minimum atomic E-state index is -5.08. The van der Waals surface area contributed by atoms with Crippen molar-refractivity contribution in [1.29, 1.82) is 21.0 Å². The van der Waals surface area contributed by atoms with Crippen LogP contribution in [0.2, 0.25) is 0 Å². The van der Waals surface area contributed by atoms with E-state index in [1.165, 1.54) is 0 Å². The number of hydrogen-bond donors (Lipinski definition) is 3. The number of carboxylic acid groups (broad SMARTS) is 1. The minimum Gasteiger partial charge on any atom is -0.475 e. The molecule has 16 nitrogen and oxygen atoms in total. The molecule has 6 rings (SSSR count). The molecular formula is C40H39F3N12O4S2. The molecule has 4 aromatic rings. The van der Waals surface area contributed by atoms with E-state index in [0.29, 0.717) is 111 Å². The number of anilines is 2. The topological polar surface area (TPSA) is 249 Å². The van der Waals surface area contributed by atoms with Gasteiger partial charge in [0, 0.05) is 64.5 Å². The molecule has 316 valence electrons. The second kappa shape index (κ2) is 20.3. The average Bonchev–Trinajstić information content (AvgIpc) is 3.78. The Kier molecular flexibility index (Phi) is 15.2. The van der Waals surface area contributed by atoms with Gasteiger partial charge in [-0.25, -0.2) is 14.8 Å². The summed E-state index contributed by atoms with van der Waals surface area (Å²) in [4.78, 5) is 39.3. The van der Waals surface area contributed by atoms with Crippen molar-refractivity contribution in [3.8, 4) is 24.3 Å². The van der Waals surface area contributed by atoms with Crippen LogP contribution in [0.4, 0.5) is 24.8 Å². The third-order valence-electron chi connectivity index (χ3n) is 9.83. The number of primary amides is 1. The largest absolute Gasteiger partial charge is 0.490 e. The summed E-state index contributed by atoms with van der Waals surface area (Å²) < 4.78 is 35.0. The molecular weight excluding hydrogens is 834 g/mol. The molecule has 0 aliphatic carbocycles. The fraction of sp³-hybridized carbons (Fsp3) is 0.375. The molecule has 61 heavy (non-hydrogen) atoms. The Bertz CT molecular complexity index is 2400. The fourth-order valence-electron chi connectivity index (χ4n) is 6.84. The Balaban J connectivity index is 0.000000925. The van der Waals surface area contributed by atoms with Gasteiger partial charge in [-0.1, -0.05) is 72.9 Å². The monoisotopic (exact) mass is 872 g/mol. The van der Waals surface area contributed by atoms with Crippen molar-refractivity contribution in [3.05, 3.63) is 87.3 Å². The molecule has 1 unspecified atom stereocenters. The second-order valence-electron chi connectivity index (χ2n) is 13.5. The van der Waals surface area contributed by atoms with Gasteiger partial charge in [-0.3, -0.25) is 9.69 Å². The van der Waals surface area contributed by atoms with Crippen molar-refractivity contribution < 1.29 is 32.4 Å². The number of aromatic nitrogens is 3. The Labute approximate surface area is 357 Å². The highest BCUT2D eigenvalue weighted by Crippen LogP contribution is 2.54. The SMILES string of the molecule is CCc1c(C#N)c(SC(Sc2nc(N3CCN(Cc4cnoc4)CC3)c(C#N)c(CC)c2C#N)(C(N)=O)c2ccccc2)nc(N2CCNCC2)c1C#N.O=C(O)C(F)(F)F. The summed E-state index contributed by atoms with van der Waals surface area (Å²) in [5.41, 5.74) is 9.96. The van der Waals surface area contributed by atoms with Crippen LogP contribution in [0.3, 0.4) is 0 Å². The van der Waals surface area contributed by atoms with Gasteiger partial charge >= 0.3 is 12.1 Å². The molecule has 21 heteroatoms. The first kappa shape index (κ1) is 45.7. The number of halogens is 3. The average molecular weight is 873 g/mol. The quantitative estimate of drug-likeness (QED) is 0.129. The number of carboxylic acids is 1. The first-order chi connectivity index (χ1) is 29.3. The van der Waals surface area contributed by atoms with E-state index in [2.05, 4.69) is 39.7 Å². The standard InChI is InChI=1S/C38H38N12O2S2.C2HF3O2/c1-3-27-29(18-39)33(49-12-10-44-11-13-49)46-35(31(27)20-41)53-38(37(43)51,26-8-6-5-7-9-26)54-36-32(21-42)28(4-2)30(19-40)34(47-36)50-16-14-48(15-17-50)23-25-22-45-52-24-25;3-2(4,5)1(6)7/h5-9,22,24,44H,3-4,10-17,23H2,1-2H3,(H2,43,51);(H,6,7). The van der Waals surface area contributed by atoms with E-state index in [-0.39, 0.29) is 21.2 Å². The Morgan fingerprint density at radius 3 is 1.69 bits per heavy atom. The van der Waals surface area contributed by atoms with Gasteiger partial charge in [0.15, 0.2) is 4.08 Å². The number of hydrogen-bond acceptors (Lipinski definition) is 16. The summed E-state index contributed by atoms with van der Waals surface area (Å²) in [6.07, 6.45) is -1.02. The number of nitrogens with two attached hydrogens (primary N) is 1. The molecule has 2 saturated heterocycles. The molecule has 3 aromatic heterocycles. The normalized spacial score (nSPS) is 15.2. The van der Waals surface area contributed by atoms with Crippen LogP contribution in [0.1, 0.15) is 58.4 Å². The van der Waals surface area contributed by atoms with E-state index in [9.17, 15) is 39.0 Å². The lowest BCUT2D eigenvalue weighted by atomic mass is 10.0. The van der Waals surface area contributed by atoms with Crippen molar-refractivity contribution in [2.75, 3.05) is 62.2 Å². The number of piperazine rings is 2. The molecule has 0 saturated carbocycles. The molecule has 2 aliphatic heterocycles. The van der Waals surface area contributed by atoms with E-state index in [1.807, 2.05) is 29.7 Å². The lowest BCUT2D eigenvalue weighted by molar-refractivity contribution is -0.192. The molecule has 2 fully saturated rings. The summed E-state index contributed by atoms with van der Waals surface area (Å²) in [7, 11) is 0. The Morgan fingerprint density at radius 2 is 1.30 bits per heavy atom. The maximum atomic E-state index is 14.1. The number of benzene rings is 1. The van der Waals surface area contributed by atoms with Crippen LogP contribution in [0.25, 0.3) is 0 Å². The number of nitrogens with one attached hydrogen (secondary N) is 1. The van der Waals surface area contributed by atoms with Crippen LogP contribution in [0.15, 0.2) is 57.4 Å². The Hall–Kier alpha value is -6.36. The summed E-state index contributed by atoms with van der Waals surface area (Å²) >= 11 is 2.02. The number of aliphatic carboxylic acids is 1. The van der Waals surface area contributed by atoms with Gasteiger partial charge in [0.05, 0.1) is 28.5 Å². The number of nitriles is 4. The maximum absolute atomic E-state index is 14.1. The first-order valence-electron chi connectivity index (χ1n) is 18.9. The highest BCUT2D eigenvalue weighted by atomic mass is 32.2. The van der Waals surface area contributed by atoms with E-state index in [4.69, 9.17) is 30.1 Å². The number of rotatable bonds is 12. The number of alkyl halides is 3. The van der Waals surface area contributed by atoms with Crippen molar-refractivity contribution in [2.24, 2.45) is 5.73 Å². The molecule has 0 spiro atoms. The summed E-state index contributed by atoms with van der Waals surface area (Å²) in [5, 5.41) is 56.7. The lowest BCUT2D eigenvalue weighted by Gasteiger charge is -2.36. The van der Waals surface area contributed by atoms with Crippen LogP contribution in [0.5, 0.6) is 0 Å². The highest BCUT2D eigenvalue weighted by molar-refractivity contribution is 8.18. The summed E-state index contributed by atoms with van der Waals surface area (Å²) in [6, 6.07) is 18.1. The van der Waals surface area contributed by atoms with Crippen LogP contribution >= 0.6 is 23.5 Å². The van der Waals surface area contributed by atoms with Crippen molar-refractivity contribution in [3.63, 3.8) is 0 Å². The molecule has 5 heterocycles. The predicted molar refractivity (Wildman–Crippen MR) is 218 cm³/mol. The van der Waals surface area contributed by atoms with Gasteiger partial charge < -0.3 is 30.5 Å². The minimum absolute atomic E-state index is 0.181. The zero-order valence-electron chi connectivity index (χ0n) is 33.0. The number of amides is 1. The van der Waals surface area contributed by atoms with Gasteiger partial charge in [0.25, 0.3) is 0 Å². The number of pyridine rings is 2. The van der Waals surface area contributed by atoms with E-state index >= 15 is 0 Å². The molecule has 0 radical (unpaired) electrons. The molecule has 1 atom stereocenters. The number of carbonyl (C=O) groups excluding carboxylic acids is 1.